The summed E-state index contributed by atoms with van der Waals surface area (Å²) in [6, 6.07) is 18.6. The summed E-state index contributed by atoms with van der Waals surface area (Å²) in [5, 5.41) is 5.61. The van der Waals surface area contributed by atoms with Crippen LogP contribution in [0.1, 0.15) is 6.42 Å². The van der Waals surface area contributed by atoms with Gasteiger partial charge < -0.3 is 15.5 Å². The Kier molecular flexibility index (Phi) is 4.57. The van der Waals surface area contributed by atoms with Gasteiger partial charge in [0.25, 0.3) is 0 Å². The predicted octanol–water partition coefficient (Wildman–Crippen LogP) is 2.86. The quantitative estimate of drug-likeness (QED) is 0.912. The fraction of sp³-hybridized carbons (Fsp3) is 0.222. The highest BCUT2D eigenvalue weighted by Crippen LogP contribution is 2.24. The summed E-state index contributed by atoms with van der Waals surface area (Å²) in [5.41, 5.74) is 1.66. The number of rotatable bonds is 4. The van der Waals surface area contributed by atoms with E-state index in [4.69, 9.17) is 0 Å². The van der Waals surface area contributed by atoms with Crippen molar-refractivity contribution in [3.05, 3.63) is 60.7 Å². The zero-order valence-corrected chi connectivity index (χ0v) is 12.7. The highest BCUT2D eigenvalue weighted by molar-refractivity contribution is 5.96. The van der Waals surface area contributed by atoms with E-state index in [0.717, 1.165) is 11.4 Å². The molecular weight excluding hydrogens is 290 g/mol. The van der Waals surface area contributed by atoms with Gasteiger partial charge in [-0.1, -0.05) is 36.4 Å². The molecule has 0 saturated carbocycles. The number of hydrogen-bond acceptors (Lipinski definition) is 2. The Hall–Kier alpha value is -2.82. The van der Waals surface area contributed by atoms with Crippen molar-refractivity contribution < 1.29 is 9.59 Å². The van der Waals surface area contributed by atoms with E-state index in [-0.39, 0.29) is 17.9 Å². The molecule has 1 heterocycles. The highest BCUT2D eigenvalue weighted by atomic mass is 16.2. The monoisotopic (exact) mass is 309 g/mol. The molecule has 0 aromatic heterocycles. The van der Waals surface area contributed by atoms with Crippen molar-refractivity contribution in [3.63, 3.8) is 0 Å². The first kappa shape index (κ1) is 15.1. The summed E-state index contributed by atoms with van der Waals surface area (Å²) in [6.07, 6.45) is 0.459. The largest absolute Gasteiger partial charge is 0.338 e. The van der Waals surface area contributed by atoms with Crippen LogP contribution in [-0.4, -0.2) is 25.0 Å². The van der Waals surface area contributed by atoms with Crippen LogP contribution in [0.5, 0.6) is 0 Å². The Labute approximate surface area is 135 Å². The van der Waals surface area contributed by atoms with Gasteiger partial charge in [0.2, 0.25) is 5.91 Å². The zero-order chi connectivity index (χ0) is 16.1. The van der Waals surface area contributed by atoms with E-state index in [1.165, 1.54) is 0 Å². The topological polar surface area (TPSA) is 61.4 Å². The van der Waals surface area contributed by atoms with Crippen molar-refractivity contribution in [1.82, 2.24) is 5.32 Å². The third kappa shape index (κ3) is 3.88. The van der Waals surface area contributed by atoms with Crippen molar-refractivity contribution in [1.29, 1.82) is 0 Å². The molecule has 1 atom stereocenters. The van der Waals surface area contributed by atoms with Gasteiger partial charge in [-0.15, -0.1) is 0 Å². The number of amides is 3. The fourth-order valence-electron chi connectivity index (χ4n) is 2.71. The Morgan fingerprint density at radius 2 is 1.70 bits per heavy atom. The van der Waals surface area contributed by atoms with Crippen LogP contribution >= 0.6 is 0 Å². The zero-order valence-electron chi connectivity index (χ0n) is 12.7. The summed E-state index contributed by atoms with van der Waals surface area (Å²) in [4.78, 5) is 25.8. The lowest BCUT2D eigenvalue weighted by molar-refractivity contribution is -0.117. The summed E-state index contributed by atoms with van der Waals surface area (Å²) in [5.74, 6) is 0.232. The van der Waals surface area contributed by atoms with Crippen molar-refractivity contribution in [2.24, 2.45) is 5.92 Å². The van der Waals surface area contributed by atoms with E-state index < -0.39 is 0 Å². The normalized spacial score (nSPS) is 17.1. The number of carbonyl (C=O) groups is 2. The van der Waals surface area contributed by atoms with E-state index in [9.17, 15) is 9.59 Å². The maximum absolute atomic E-state index is 12.1. The molecule has 2 N–H and O–H groups in total. The third-order valence-corrected chi connectivity index (χ3v) is 3.86. The molecule has 5 heteroatoms. The Balaban J connectivity index is 1.50. The minimum atomic E-state index is -0.248. The van der Waals surface area contributed by atoms with E-state index in [1.807, 2.05) is 60.7 Å². The highest BCUT2D eigenvalue weighted by Gasteiger charge is 2.30. The minimum absolute atomic E-state index is 0.103. The third-order valence-electron chi connectivity index (χ3n) is 3.86. The second kappa shape index (κ2) is 6.96. The number of nitrogens with one attached hydrogen (secondary N) is 2. The molecule has 3 amide bonds. The van der Waals surface area contributed by atoms with Crippen LogP contribution in [0, 0.1) is 5.92 Å². The average molecular weight is 309 g/mol. The van der Waals surface area contributed by atoms with E-state index in [1.54, 1.807) is 4.90 Å². The van der Waals surface area contributed by atoms with Gasteiger partial charge >= 0.3 is 6.03 Å². The summed E-state index contributed by atoms with van der Waals surface area (Å²) >= 11 is 0. The Morgan fingerprint density at radius 3 is 2.39 bits per heavy atom. The van der Waals surface area contributed by atoms with Gasteiger partial charge in [-0.3, -0.25) is 4.79 Å². The number of anilines is 2. The van der Waals surface area contributed by atoms with Gasteiger partial charge in [0.05, 0.1) is 0 Å². The molecule has 0 spiro atoms. The number of benzene rings is 2. The van der Waals surface area contributed by atoms with Gasteiger partial charge in [-0.2, -0.15) is 0 Å². The lowest BCUT2D eigenvalue weighted by Crippen LogP contribution is -2.34. The van der Waals surface area contributed by atoms with Crippen molar-refractivity contribution in [2.75, 3.05) is 23.3 Å². The molecule has 118 valence electrons. The fourth-order valence-corrected chi connectivity index (χ4v) is 2.71. The van der Waals surface area contributed by atoms with Crippen molar-refractivity contribution in [2.45, 2.75) is 6.42 Å². The summed E-state index contributed by atoms with van der Waals surface area (Å²) < 4.78 is 0. The van der Waals surface area contributed by atoms with Gasteiger partial charge in [0.1, 0.15) is 0 Å². The number of nitrogens with zero attached hydrogens (tertiary/aromatic N) is 1. The Morgan fingerprint density at radius 1 is 1.04 bits per heavy atom. The van der Waals surface area contributed by atoms with Crippen LogP contribution in [-0.2, 0) is 4.79 Å². The second-order valence-corrected chi connectivity index (χ2v) is 5.61. The van der Waals surface area contributed by atoms with Crippen molar-refractivity contribution >= 4 is 23.3 Å². The Bertz CT molecular complexity index is 673. The van der Waals surface area contributed by atoms with E-state index in [2.05, 4.69) is 10.6 Å². The number of para-hydroxylation sites is 2. The van der Waals surface area contributed by atoms with Crippen molar-refractivity contribution in [3.8, 4) is 0 Å². The molecule has 23 heavy (non-hydrogen) atoms. The van der Waals surface area contributed by atoms with Gasteiger partial charge in [0.15, 0.2) is 0 Å². The second-order valence-electron chi connectivity index (χ2n) is 5.61. The first-order valence-corrected chi connectivity index (χ1v) is 7.67. The lowest BCUT2D eigenvalue weighted by atomic mass is 10.1. The molecule has 1 saturated heterocycles. The van der Waals surface area contributed by atoms with Gasteiger partial charge in [0, 0.05) is 36.8 Å². The van der Waals surface area contributed by atoms with Crippen LogP contribution < -0.4 is 15.5 Å². The maximum Gasteiger partial charge on any atom is 0.319 e. The van der Waals surface area contributed by atoms with E-state index >= 15 is 0 Å². The van der Waals surface area contributed by atoms with Crippen LogP contribution in [0.4, 0.5) is 16.2 Å². The molecule has 0 radical (unpaired) electrons. The average Bonchev–Trinajstić information content (AvgIpc) is 2.96. The molecule has 0 bridgehead atoms. The molecular formula is C18H19N3O2. The van der Waals surface area contributed by atoms with Crippen LogP contribution in [0.3, 0.4) is 0 Å². The maximum atomic E-state index is 12.1. The van der Waals surface area contributed by atoms with E-state index in [0.29, 0.717) is 19.5 Å². The smallest absolute Gasteiger partial charge is 0.319 e. The molecule has 1 fully saturated rings. The molecule has 1 aliphatic heterocycles. The SMILES string of the molecule is O=C(NC[C@@H]1CC(=O)N(c2ccccc2)C1)Nc1ccccc1. The molecule has 3 rings (SSSR count). The molecule has 2 aromatic rings. The standard InChI is InChI=1S/C18H19N3O2/c22-17-11-14(13-21(17)16-9-5-2-6-10-16)12-19-18(23)20-15-7-3-1-4-8-15/h1-10,14H,11-13H2,(H2,19,20,23)/t14-/m0/s1. The lowest BCUT2D eigenvalue weighted by Gasteiger charge is -2.17. The molecule has 2 aromatic carbocycles. The van der Waals surface area contributed by atoms with Gasteiger partial charge in [-0.05, 0) is 24.3 Å². The molecule has 5 nitrogen and oxygen atoms in total. The number of urea groups is 1. The van der Waals surface area contributed by atoms with Gasteiger partial charge in [-0.25, -0.2) is 4.79 Å². The van der Waals surface area contributed by atoms with Crippen LogP contribution in [0.15, 0.2) is 60.7 Å². The summed E-state index contributed by atoms with van der Waals surface area (Å²) in [6.45, 7) is 1.11. The molecule has 0 aliphatic carbocycles. The molecule has 0 unspecified atom stereocenters. The number of hydrogen-bond donors (Lipinski definition) is 2. The minimum Gasteiger partial charge on any atom is -0.338 e. The predicted molar refractivity (Wildman–Crippen MR) is 90.4 cm³/mol. The van der Waals surface area contributed by atoms with Crippen LogP contribution in [0.2, 0.25) is 0 Å². The first-order valence-electron chi connectivity index (χ1n) is 7.67. The summed E-state index contributed by atoms with van der Waals surface area (Å²) in [7, 11) is 0. The first-order chi connectivity index (χ1) is 11.2. The van der Waals surface area contributed by atoms with Crippen LogP contribution in [0.25, 0.3) is 0 Å². The number of carbonyl (C=O) groups excluding carboxylic acids is 2. The molecule has 1 aliphatic rings.